The van der Waals surface area contributed by atoms with Gasteiger partial charge in [0.2, 0.25) is 5.78 Å². The van der Waals surface area contributed by atoms with E-state index in [0.717, 1.165) is 42.8 Å². The lowest BCUT2D eigenvalue weighted by molar-refractivity contribution is 0.215. The summed E-state index contributed by atoms with van der Waals surface area (Å²) in [5, 5.41) is 9.53. The maximum atomic E-state index is 12.8. The summed E-state index contributed by atoms with van der Waals surface area (Å²) in [6.07, 6.45) is 4.70. The van der Waals surface area contributed by atoms with Crippen LogP contribution in [0.15, 0.2) is 29.1 Å². The summed E-state index contributed by atoms with van der Waals surface area (Å²) in [6.45, 7) is 5.75. The van der Waals surface area contributed by atoms with Crippen LogP contribution in [0.3, 0.4) is 0 Å². The molecule has 0 unspecified atom stereocenters. The Balaban J connectivity index is 1.91. The Kier molecular flexibility index (Phi) is 4.06. The highest BCUT2D eigenvalue weighted by atomic mass is 16.1. The first-order chi connectivity index (χ1) is 11.8. The van der Waals surface area contributed by atoms with Gasteiger partial charge >= 0.3 is 0 Å². The highest BCUT2D eigenvalue weighted by Crippen LogP contribution is 2.17. The van der Waals surface area contributed by atoms with Gasteiger partial charge < -0.3 is 0 Å². The zero-order valence-electron chi connectivity index (χ0n) is 14.1. The van der Waals surface area contributed by atoms with E-state index in [2.05, 4.69) is 26.4 Å². The lowest BCUT2D eigenvalue weighted by atomic mass is 10.1. The first-order valence-electron chi connectivity index (χ1n) is 8.87. The fourth-order valence-corrected chi connectivity index (χ4v) is 3.66. The van der Waals surface area contributed by atoms with Crippen LogP contribution in [0.5, 0.6) is 0 Å². The van der Waals surface area contributed by atoms with Crippen molar-refractivity contribution in [1.29, 1.82) is 0 Å². The molecule has 6 nitrogen and oxygen atoms in total. The Hall–Kier alpha value is -2.21. The second-order valence-electron chi connectivity index (χ2n) is 6.56. The third kappa shape index (κ3) is 2.51. The molecule has 126 valence electrons. The van der Waals surface area contributed by atoms with Crippen LogP contribution in [0.1, 0.15) is 38.4 Å². The Morgan fingerprint density at radius 3 is 2.67 bits per heavy atom. The van der Waals surface area contributed by atoms with E-state index in [0.29, 0.717) is 12.3 Å². The molecule has 24 heavy (non-hydrogen) atoms. The van der Waals surface area contributed by atoms with Gasteiger partial charge in [-0.15, -0.1) is 10.2 Å². The molecule has 1 aromatic carbocycles. The second-order valence-corrected chi connectivity index (χ2v) is 6.56. The van der Waals surface area contributed by atoms with E-state index in [-0.39, 0.29) is 5.56 Å². The van der Waals surface area contributed by atoms with Crippen LogP contribution in [0.4, 0.5) is 0 Å². The second kappa shape index (κ2) is 6.36. The number of aryl methyl sites for hydroxylation is 1. The topological polar surface area (TPSA) is 55.4 Å². The SMILES string of the molecule is CCCn1c(=O)c2ccccc2n2c(CN3CCCCC3)nnc12. The number of aromatic nitrogens is 4. The standard InChI is InChI=1S/C18H23N5O/c1-2-10-22-17(24)14-8-4-5-9-15(14)23-16(19-20-18(22)23)13-21-11-6-3-7-12-21/h4-5,8-9H,2-3,6-7,10-13H2,1H3. The Bertz CT molecular complexity index is 920. The van der Waals surface area contributed by atoms with Crippen LogP contribution in [-0.4, -0.2) is 37.2 Å². The normalized spacial score (nSPS) is 16.2. The maximum Gasteiger partial charge on any atom is 0.262 e. The van der Waals surface area contributed by atoms with Gasteiger partial charge in [0.15, 0.2) is 5.82 Å². The molecule has 6 heteroatoms. The van der Waals surface area contributed by atoms with E-state index in [1.807, 2.05) is 24.3 Å². The Morgan fingerprint density at radius 2 is 1.88 bits per heavy atom. The number of fused-ring (bicyclic) bond motifs is 3. The van der Waals surface area contributed by atoms with Gasteiger partial charge in [0.1, 0.15) is 0 Å². The third-order valence-corrected chi connectivity index (χ3v) is 4.84. The summed E-state index contributed by atoms with van der Waals surface area (Å²) in [7, 11) is 0. The van der Waals surface area contributed by atoms with Crippen LogP contribution in [0, 0.1) is 0 Å². The van der Waals surface area contributed by atoms with Gasteiger partial charge in [-0.25, -0.2) is 0 Å². The van der Waals surface area contributed by atoms with Gasteiger partial charge in [-0.05, 0) is 44.5 Å². The molecular formula is C18H23N5O. The molecule has 0 spiro atoms. The maximum absolute atomic E-state index is 12.8. The van der Waals surface area contributed by atoms with Crippen molar-refractivity contribution in [3.05, 3.63) is 40.4 Å². The lowest BCUT2D eigenvalue weighted by Gasteiger charge is -2.25. The van der Waals surface area contributed by atoms with Gasteiger partial charge in [-0.1, -0.05) is 25.5 Å². The summed E-state index contributed by atoms with van der Waals surface area (Å²) >= 11 is 0. The molecule has 0 aliphatic carbocycles. The Morgan fingerprint density at radius 1 is 1.08 bits per heavy atom. The Labute approximate surface area is 140 Å². The monoisotopic (exact) mass is 325 g/mol. The van der Waals surface area contributed by atoms with Gasteiger partial charge in [0, 0.05) is 6.54 Å². The van der Waals surface area contributed by atoms with Crippen molar-refractivity contribution in [3.63, 3.8) is 0 Å². The molecule has 0 atom stereocenters. The molecular weight excluding hydrogens is 302 g/mol. The molecule has 1 fully saturated rings. The zero-order chi connectivity index (χ0) is 16.5. The summed E-state index contributed by atoms with van der Waals surface area (Å²) in [4.78, 5) is 15.2. The van der Waals surface area contributed by atoms with E-state index in [1.165, 1.54) is 19.3 Å². The molecule has 4 rings (SSSR count). The number of benzene rings is 1. The van der Waals surface area contributed by atoms with Crippen LogP contribution in [-0.2, 0) is 13.1 Å². The number of rotatable bonds is 4. The van der Waals surface area contributed by atoms with Crippen LogP contribution in [0.25, 0.3) is 16.7 Å². The smallest absolute Gasteiger partial charge is 0.262 e. The minimum atomic E-state index is 0.0249. The molecule has 3 heterocycles. The minimum absolute atomic E-state index is 0.0249. The molecule has 1 saturated heterocycles. The molecule has 0 radical (unpaired) electrons. The van der Waals surface area contributed by atoms with Crippen molar-refractivity contribution in [3.8, 4) is 0 Å². The van der Waals surface area contributed by atoms with Gasteiger partial charge in [-0.3, -0.25) is 18.7 Å². The predicted octanol–water partition coefficient (Wildman–Crippen LogP) is 2.44. The largest absolute Gasteiger partial charge is 0.296 e. The lowest BCUT2D eigenvalue weighted by Crippen LogP contribution is -2.30. The molecule has 0 N–H and O–H groups in total. The van der Waals surface area contributed by atoms with E-state index < -0.39 is 0 Å². The number of nitrogens with zero attached hydrogens (tertiary/aromatic N) is 5. The summed E-state index contributed by atoms with van der Waals surface area (Å²) in [6, 6.07) is 7.77. The van der Waals surface area contributed by atoms with E-state index in [1.54, 1.807) is 4.57 Å². The van der Waals surface area contributed by atoms with Gasteiger partial charge in [0.25, 0.3) is 5.56 Å². The number of likely N-dealkylation sites (tertiary alicyclic amines) is 1. The molecule has 0 saturated carbocycles. The molecule has 2 aromatic heterocycles. The highest BCUT2D eigenvalue weighted by molar-refractivity contribution is 5.80. The first kappa shape index (κ1) is 15.3. The summed E-state index contributed by atoms with van der Waals surface area (Å²) in [5.41, 5.74) is 0.929. The van der Waals surface area contributed by atoms with Crippen LogP contribution >= 0.6 is 0 Å². The van der Waals surface area contributed by atoms with E-state index in [4.69, 9.17) is 0 Å². The van der Waals surface area contributed by atoms with E-state index >= 15 is 0 Å². The highest BCUT2D eigenvalue weighted by Gasteiger charge is 2.18. The average molecular weight is 325 g/mol. The summed E-state index contributed by atoms with van der Waals surface area (Å²) in [5.74, 6) is 1.58. The first-order valence-corrected chi connectivity index (χ1v) is 8.87. The fraction of sp³-hybridized carbons (Fsp3) is 0.500. The molecule has 3 aromatic rings. The molecule has 0 bridgehead atoms. The van der Waals surface area contributed by atoms with Crippen molar-refractivity contribution < 1.29 is 0 Å². The molecule has 0 amide bonds. The number of hydrogen-bond donors (Lipinski definition) is 0. The number of para-hydroxylation sites is 1. The fourth-order valence-electron chi connectivity index (χ4n) is 3.66. The molecule has 1 aliphatic rings. The van der Waals surface area contributed by atoms with Crippen LogP contribution < -0.4 is 5.56 Å². The van der Waals surface area contributed by atoms with Crippen molar-refractivity contribution in [2.45, 2.75) is 45.7 Å². The quantitative estimate of drug-likeness (QED) is 0.739. The average Bonchev–Trinajstić information content (AvgIpc) is 3.03. The number of piperidine rings is 1. The number of hydrogen-bond acceptors (Lipinski definition) is 4. The summed E-state index contributed by atoms with van der Waals surface area (Å²) < 4.78 is 3.83. The van der Waals surface area contributed by atoms with Crippen molar-refractivity contribution in [2.75, 3.05) is 13.1 Å². The third-order valence-electron chi connectivity index (χ3n) is 4.84. The van der Waals surface area contributed by atoms with Crippen molar-refractivity contribution >= 4 is 16.7 Å². The molecule has 1 aliphatic heterocycles. The van der Waals surface area contributed by atoms with Gasteiger partial charge in [0.05, 0.1) is 17.4 Å². The minimum Gasteiger partial charge on any atom is -0.296 e. The van der Waals surface area contributed by atoms with Crippen molar-refractivity contribution in [1.82, 2.24) is 24.1 Å². The van der Waals surface area contributed by atoms with Crippen LogP contribution in [0.2, 0.25) is 0 Å². The predicted molar refractivity (Wildman–Crippen MR) is 94.2 cm³/mol. The van der Waals surface area contributed by atoms with Crippen molar-refractivity contribution in [2.24, 2.45) is 0 Å². The van der Waals surface area contributed by atoms with E-state index in [9.17, 15) is 4.79 Å². The van der Waals surface area contributed by atoms with Gasteiger partial charge in [-0.2, -0.15) is 0 Å². The zero-order valence-corrected chi connectivity index (χ0v) is 14.1.